The highest BCUT2D eigenvalue weighted by Crippen LogP contribution is 2.44. The molecule has 198 valence electrons. The average Bonchev–Trinajstić information content (AvgIpc) is 3.21. The lowest BCUT2D eigenvalue weighted by Crippen LogP contribution is -2.37. The number of carboxylic acids is 1. The topological polar surface area (TPSA) is 122 Å². The summed E-state index contributed by atoms with van der Waals surface area (Å²) >= 11 is 0. The van der Waals surface area contributed by atoms with Gasteiger partial charge in [-0.05, 0) is 42.0 Å². The Kier molecular flexibility index (Phi) is 10.5. The monoisotopic (exact) mass is 510 g/mol. The van der Waals surface area contributed by atoms with Gasteiger partial charge in [-0.25, -0.2) is 4.79 Å². The molecular weight excluding hydrogens is 476 g/mol. The number of aliphatic carboxylic acids is 1. The largest absolute Gasteiger partial charge is 0.481 e. The van der Waals surface area contributed by atoms with Gasteiger partial charge in [0.1, 0.15) is 13.2 Å². The van der Waals surface area contributed by atoms with Gasteiger partial charge in [-0.15, -0.1) is 0 Å². The SMILES string of the molecule is CCOC(=O)CN(CCC(=O)O)C(=O)CCCCCNC(=O)OCC1c2ccccc2-c2ccccc21. The number of hydrogen-bond acceptors (Lipinski definition) is 6. The molecule has 2 amide bonds. The first-order valence-corrected chi connectivity index (χ1v) is 12.6. The molecule has 1 aliphatic rings. The van der Waals surface area contributed by atoms with E-state index in [0.717, 1.165) is 11.1 Å². The van der Waals surface area contributed by atoms with Gasteiger partial charge in [0.05, 0.1) is 13.0 Å². The predicted molar refractivity (Wildman–Crippen MR) is 137 cm³/mol. The van der Waals surface area contributed by atoms with Gasteiger partial charge in [-0.3, -0.25) is 14.4 Å². The van der Waals surface area contributed by atoms with Gasteiger partial charge in [0, 0.05) is 25.4 Å². The standard InChI is InChI=1S/C28H34N2O7/c1-2-36-27(34)18-30(17-15-26(32)33)25(31)14-4-3-9-16-29-28(35)37-19-24-22-12-7-5-10-20(22)21-11-6-8-13-23(21)24/h5-8,10-13,24H,2-4,9,14-19H2,1H3,(H,29,35)(H,32,33). The van der Waals surface area contributed by atoms with Crippen molar-refractivity contribution in [1.82, 2.24) is 10.2 Å². The van der Waals surface area contributed by atoms with Gasteiger partial charge in [0.15, 0.2) is 0 Å². The van der Waals surface area contributed by atoms with Crippen LogP contribution in [0.2, 0.25) is 0 Å². The van der Waals surface area contributed by atoms with Crippen molar-refractivity contribution < 1.29 is 33.8 Å². The van der Waals surface area contributed by atoms with Crippen LogP contribution in [0.5, 0.6) is 0 Å². The molecule has 9 heteroatoms. The molecule has 0 unspecified atom stereocenters. The number of nitrogens with one attached hydrogen (secondary N) is 1. The van der Waals surface area contributed by atoms with Gasteiger partial charge in [-0.2, -0.15) is 0 Å². The molecule has 0 saturated carbocycles. The van der Waals surface area contributed by atoms with Gasteiger partial charge >= 0.3 is 18.0 Å². The maximum absolute atomic E-state index is 12.5. The van der Waals surface area contributed by atoms with Crippen molar-refractivity contribution in [3.63, 3.8) is 0 Å². The Morgan fingerprint density at radius 1 is 0.892 bits per heavy atom. The van der Waals surface area contributed by atoms with Crippen LogP contribution in [-0.2, 0) is 23.9 Å². The molecule has 0 radical (unpaired) electrons. The third-order valence-corrected chi connectivity index (χ3v) is 6.25. The van der Waals surface area contributed by atoms with Gasteiger partial charge < -0.3 is 24.8 Å². The molecule has 0 saturated heterocycles. The lowest BCUT2D eigenvalue weighted by molar-refractivity contribution is -0.150. The fraction of sp³-hybridized carbons (Fsp3) is 0.429. The van der Waals surface area contributed by atoms with Crippen LogP contribution in [0.15, 0.2) is 48.5 Å². The molecule has 2 N–H and O–H groups in total. The first-order chi connectivity index (χ1) is 17.9. The summed E-state index contributed by atoms with van der Waals surface area (Å²) in [5.74, 6) is -1.89. The molecule has 3 rings (SSSR count). The highest BCUT2D eigenvalue weighted by atomic mass is 16.5. The molecule has 0 aliphatic heterocycles. The molecule has 0 fully saturated rings. The van der Waals surface area contributed by atoms with E-state index in [1.807, 2.05) is 24.3 Å². The maximum Gasteiger partial charge on any atom is 0.407 e. The van der Waals surface area contributed by atoms with Crippen LogP contribution in [0, 0.1) is 0 Å². The van der Waals surface area contributed by atoms with Crippen molar-refractivity contribution in [3.8, 4) is 11.1 Å². The molecule has 2 aromatic rings. The van der Waals surface area contributed by atoms with Gasteiger partial charge in [-0.1, -0.05) is 55.0 Å². The predicted octanol–water partition coefficient (Wildman–Crippen LogP) is 3.95. The Morgan fingerprint density at radius 3 is 2.16 bits per heavy atom. The molecule has 0 aromatic heterocycles. The Bertz CT molecular complexity index is 1060. The summed E-state index contributed by atoms with van der Waals surface area (Å²) in [6.45, 7) is 2.21. The summed E-state index contributed by atoms with van der Waals surface area (Å²) in [5.41, 5.74) is 4.65. The van der Waals surface area contributed by atoms with Gasteiger partial charge in [0.25, 0.3) is 0 Å². The lowest BCUT2D eigenvalue weighted by atomic mass is 9.98. The van der Waals surface area contributed by atoms with E-state index in [9.17, 15) is 19.2 Å². The van der Waals surface area contributed by atoms with Gasteiger partial charge in [0.2, 0.25) is 5.91 Å². The van der Waals surface area contributed by atoms with Crippen molar-refractivity contribution in [2.75, 3.05) is 32.8 Å². The number of amides is 2. The molecule has 1 aliphatic carbocycles. The zero-order chi connectivity index (χ0) is 26.6. The van der Waals surface area contributed by atoms with E-state index in [1.54, 1.807) is 6.92 Å². The minimum absolute atomic E-state index is 0.00263. The van der Waals surface area contributed by atoms with Crippen LogP contribution in [0.25, 0.3) is 11.1 Å². The highest BCUT2D eigenvalue weighted by Gasteiger charge is 2.29. The second kappa shape index (κ2) is 14.0. The molecule has 2 aromatic carbocycles. The van der Waals surface area contributed by atoms with E-state index in [-0.39, 0.29) is 51.0 Å². The highest BCUT2D eigenvalue weighted by molar-refractivity contribution is 5.82. The van der Waals surface area contributed by atoms with E-state index in [1.165, 1.54) is 16.0 Å². The van der Waals surface area contributed by atoms with Crippen LogP contribution >= 0.6 is 0 Å². The van der Waals surface area contributed by atoms with E-state index >= 15 is 0 Å². The molecule has 0 spiro atoms. The first kappa shape index (κ1) is 27.7. The Balaban J connectivity index is 1.35. The number of carbonyl (C=O) groups is 4. The van der Waals surface area contributed by atoms with Crippen LogP contribution in [0.3, 0.4) is 0 Å². The number of unbranched alkanes of at least 4 members (excludes halogenated alkanes) is 2. The summed E-state index contributed by atoms with van der Waals surface area (Å²) in [5, 5.41) is 11.6. The molecule has 37 heavy (non-hydrogen) atoms. The van der Waals surface area contributed by atoms with Crippen molar-refractivity contribution >= 4 is 23.9 Å². The zero-order valence-corrected chi connectivity index (χ0v) is 21.1. The quantitative estimate of drug-likeness (QED) is 0.291. The Hall–Kier alpha value is -3.88. The fourth-order valence-corrected chi connectivity index (χ4v) is 4.46. The maximum atomic E-state index is 12.5. The van der Waals surface area contributed by atoms with Crippen LogP contribution < -0.4 is 5.32 Å². The van der Waals surface area contributed by atoms with Crippen LogP contribution in [0.4, 0.5) is 4.79 Å². The molecule has 9 nitrogen and oxygen atoms in total. The zero-order valence-electron chi connectivity index (χ0n) is 21.1. The number of carboxylic acid groups (broad SMARTS) is 1. The normalized spacial score (nSPS) is 11.8. The number of fused-ring (bicyclic) bond motifs is 3. The van der Waals surface area contributed by atoms with Crippen LogP contribution in [0.1, 0.15) is 56.1 Å². The third kappa shape index (κ3) is 8.06. The summed E-state index contributed by atoms with van der Waals surface area (Å²) in [6.07, 6.45) is 1.36. The minimum Gasteiger partial charge on any atom is -0.481 e. The number of benzene rings is 2. The average molecular weight is 511 g/mol. The summed E-state index contributed by atoms with van der Waals surface area (Å²) in [7, 11) is 0. The first-order valence-electron chi connectivity index (χ1n) is 12.6. The molecular formula is C28H34N2O7. The molecule has 0 atom stereocenters. The molecule has 0 heterocycles. The smallest absolute Gasteiger partial charge is 0.407 e. The Labute approximate surface area is 216 Å². The van der Waals surface area contributed by atoms with Crippen molar-refractivity contribution in [3.05, 3.63) is 59.7 Å². The van der Waals surface area contributed by atoms with E-state index < -0.39 is 18.0 Å². The summed E-state index contributed by atoms with van der Waals surface area (Å²) < 4.78 is 10.4. The molecule has 0 bridgehead atoms. The van der Waals surface area contributed by atoms with Crippen molar-refractivity contribution in [2.45, 2.75) is 44.9 Å². The number of esters is 1. The summed E-state index contributed by atoms with van der Waals surface area (Å²) in [4.78, 5) is 48.5. The van der Waals surface area contributed by atoms with Crippen molar-refractivity contribution in [2.24, 2.45) is 0 Å². The fourth-order valence-electron chi connectivity index (χ4n) is 4.46. The Morgan fingerprint density at radius 2 is 1.54 bits per heavy atom. The van der Waals surface area contributed by atoms with Crippen molar-refractivity contribution in [1.29, 1.82) is 0 Å². The second-order valence-corrected chi connectivity index (χ2v) is 8.83. The van der Waals surface area contributed by atoms with E-state index in [4.69, 9.17) is 14.6 Å². The number of ether oxygens (including phenoxy) is 2. The number of hydrogen-bond donors (Lipinski definition) is 2. The number of carbonyl (C=O) groups excluding carboxylic acids is 3. The van der Waals surface area contributed by atoms with Crippen LogP contribution in [-0.4, -0.2) is 66.8 Å². The minimum atomic E-state index is -1.04. The third-order valence-electron chi connectivity index (χ3n) is 6.25. The second-order valence-electron chi connectivity index (χ2n) is 8.83. The van der Waals surface area contributed by atoms with E-state index in [0.29, 0.717) is 25.8 Å². The summed E-state index contributed by atoms with van der Waals surface area (Å²) in [6, 6.07) is 16.3. The van der Waals surface area contributed by atoms with E-state index in [2.05, 4.69) is 29.6 Å². The number of rotatable bonds is 14. The number of nitrogens with zero attached hydrogens (tertiary/aromatic N) is 1. The number of alkyl carbamates (subject to hydrolysis) is 1. The lowest BCUT2D eigenvalue weighted by Gasteiger charge is -2.21.